The lowest BCUT2D eigenvalue weighted by molar-refractivity contribution is 0.290. The van der Waals surface area contributed by atoms with E-state index >= 15 is 0 Å². The Morgan fingerprint density at radius 1 is 1.31 bits per heavy atom. The summed E-state index contributed by atoms with van der Waals surface area (Å²) in [6, 6.07) is 4.24. The standard InChI is InChI=1S/C14H20N2/c1-3-14(4-2)11-13(7-10-16-14)12-5-8-15-9-6-12/h5-10,13,16H,3-4,11H2,1-2H3/t13-/m0/s1. The largest absolute Gasteiger partial charge is 0.386 e. The number of rotatable bonds is 3. The molecule has 2 nitrogen and oxygen atoms in total. The lowest BCUT2D eigenvalue weighted by atomic mass is 9.78. The van der Waals surface area contributed by atoms with Gasteiger partial charge in [0.05, 0.1) is 0 Å². The Kier molecular flexibility index (Phi) is 3.28. The summed E-state index contributed by atoms with van der Waals surface area (Å²) in [6.45, 7) is 4.53. The van der Waals surface area contributed by atoms with Gasteiger partial charge in [0.2, 0.25) is 0 Å². The topological polar surface area (TPSA) is 24.9 Å². The van der Waals surface area contributed by atoms with Gasteiger partial charge in [0.1, 0.15) is 0 Å². The highest BCUT2D eigenvalue weighted by atomic mass is 15.0. The summed E-state index contributed by atoms with van der Waals surface area (Å²) in [5, 5.41) is 3.54. The van der Waals surface area contributed by atoms with Crippen molar-refractivity contribution in [3.63, 3.8) is 0 Å². The number of hydrogen-bond donors (Lipinski definition) is 1. The fourth-order valence-corrected chi connectivity index (χ4v) is 2.47. The molecule has 0 fully saturated rings. The van der Waals surface area contributed by atoms with Crippen LogP contribution in [0.1, 0.15) is 44.6 Å². The molecule has 2 heteroatoms. The fourth-order valence-electron chi connectivity index (χ4n) is 2.47. The Hall–Kier alpha value is -1.31. The number of nitrogens with zero attached hydrogens (tertiary/aromatic N) is 1. The van der Waals surface area contributed by atoms with Gasteiger partial charge in [0.15, 0.2) is 0 Å². The maximum Gasteiger partial charge on any atom is 0.0371 e. The van der Waals surface area contributed by atoms with E-state index in [-0.39, 0.29) is 5.54 Å². The lowest BCUT2D eigenvalue weighted by Crippen LogP contribution is -2.44. The summed E-state index contributed by atoms with van der Waals surface area (Å²) in [6.07, 6.45) is 11.7. The summed E-state index contributed by atoms with van der Waals surface area (Å²) in [5.74, 6) is 0.532. The maximum atomic E-state index is 4.08. The summed E-state index contributed by atoms with van der Waals surface area (Å²) in [4.78, 5) is 4.08. The van der Waals surface area contributed by atoms with Crippen LogP contribution in [0.2, 0.25) is 0 Å². The average Bonchev–Trinajstić information content (AvgIpc) is 2.40. The van der Waals surface area contributed by atoms with Gasteiger partial charge >= 0.3 is 0 Å². The predicted octanol–water partition coefficient (Wildman–Crippen LogP) is 3.23. The molecule has 2 heterocycles. The zero-order chi connectivity index (χ0) is 11.4. The molecule has 1 aromatic rings. The number of nitrogens with one attached hydrogen (secondary N) is 1. The third-order valence-electron chi connectivity index (χ3n) is 3.82. The molecule has 1 N–H and O–H groups in total. The van der Waals surface area contributed by atoms with Crippen molar-refractivity contribution in [3.05, 3.63) is 42.4 Å². The number of allylic oxidation sites excluding steroid dienone is 1. The van der Waals surface area contributed by atoms with Gasteiger partial charge in [0.25, 0.3) is 0 Å². The molecule has 0 amide bonds. The second-order valence-electron chi connectivity index (χ2n) is 4.58. The van der Waals surface area contributed by atoms with E-state index in [0.29, 0.717) is 5.92 Å². The molecule has 86 valence electrons. The fraction of sp³-hybridized carbons (Fsp3) is 0.500. The summed E-state index contributed by atoms with van der Waals surface area (Å²) >= 11 is 0. The highest BCUT2D eigenvalue weighted by Gasteiger charge is 2.30. The molecule has 1 aliphatic rings. The molecule has 0 spiro atoms. The summed E-state index contributed by atoms with van der Waals surface area (Å²) in [5.41, 5.74) is 1.65. The number of hydrogen-bond acceptors (Lipinski definition) is 2. The van der Waals surface area contributed by atoms with Crippen molar-refractivity contribution >= 4 is 0 Å². The smallest absolute Gasteiger partial charge is 0.0371 e. The molecular weight excluding hydrogens is 196 g/mol. The molecule has 2 rings (SSSR count). The molecule has 1 aliphatic heterocycles. The van der Waals surface area contributed by atoms with E-state index in [0.717, 1.165) is 0 Å². The normalized spacial score (nSPS) is 22.8. The zero-order valence-corrected chi connectivity index (χ0v) is 10.1. The van der Waals surface area contributed by atoms with Crippen LogP contribution in [0.25, 0.3) is 0 Å². The SMILES string of the molecule is CCC1(CC)C[C@@H](c2ccncc2)C=CN1. The Balaban J connectivity index is 2.20. The highest BCUT2D eigenvalue weighted by molar-refractivity contribution is 5.24. The molecule has 0 bridgehead atoms. The first-order chi connectivity index (χ1) is 7.79. The van der Waals surface area contributed by atoms with Gasteiger partial charge in [-0.05, 0) is 43.2 Å². The van der Waals surface area contributed by atoms with E-state index in [4.69, 9.17) is 0 Å². The molecule has 0 saturated carbocycles. The molecule has 0 unspecified atom stereocenters. The molecule has 0 aliphatic carbocycles. The minimum absolute atomic E-state index is 0.280. The molecule has 1 aromatic heterocycles. The van der Waals surface area contributed by atoms with Crippen molar-refractivity contribution in [2.24, 2.45) is 0 Å². The van der Waals surface area contributed by atoms with E-state index in [1.807, 2.05) is 12.4 Å². The van der Waals surface area contributed by atoms with Crippen LogP contribution in [0.15, 0.2) is 36.8 Å². The Labute approximate surface area is 97.8 Å². The molecule has 16 heavy (non-hydrogen) atoms. The molecule has 0 radical (unpaired) electrons. The second-order valence-corrected chi connectivity index (χ2v) is 4.58. The lowest BCUT2D eigenvalue weighted by Gasteiger charge is -2.38. The average molecular weight is 216 g/mol. The van der Waals surface area contributed by atoms with Gasteiger partial charge in [-0.15, -0.1) is 0 Å². The van der Waals surface area contributed by atoms with Crippen LogP contribution in [0.4, 0.5) is 0 Å². The van der Waals surface area contributed by atoms with Crippen LogP contribution in [-0.2, 0) is 0 Å². The summed E-state index contributed by atoms with van der Waals surface area (Å²) < 4.78 is 0. The summed E-state index contributed by atoms with van der Waals surface area (Å²) in [7, 11) is 0. The Bertz CT molecular complexity index is 352. The van der Waals surface area contributed by atoms with Gasteiger partial charge in [-0.1, -0.05) is 19.9 Å². The van der Waals surface area contributed by atoms with Gasteiger partial charge in [-0.2, -0.15) is 0 Å². The molecular formula is C14H20N2. The molecule has 0 aromatic carbocycles. The first-order valence-electron chi connectivity index (χ1n) is 6.14. The van der Waals surface area contributed by atoms with Crippen LogP contribution >= 0.6 is 0 Å². The molecule has 1 atom stereocenters. The minimum atomic E-state index is 0.280. The van der Waals surface area contributed by atoms with Crippen LogP contribution < -0.4 is 5.32 Å². The van der Waals surface area contributed by atoms with Crippen molar-refractivity contribution in [1.82, 2.24) is 10.3 Å². The third kappa shape index (κ3) is 2.11. The van der Waals surface area contributed by atoms with E-state index in [1.165, 1.54) is 24.8 Å². The minimum Gasteiger partial charge on any atom is -0.386 e. The van der Waals surface area contributed by atoms with Gasteiger partial charge in [-0.3, -0.25) is 4.98 Å². The quantitative estimate of drug-likeness (QED) is 0.839. The van der Waals surface area contributed by atoms with Crippen molar-refractivity contribution in [3.8, 4) is 0 Å². The van der Waals surface area contributed by atoms with Crippen molar-refractivity contribution < 1.29 is 0 Å². The van der Waals surface area contributed by atoms with Crippen molar-refractivity contribution in [1.29, 1.82) is 0 Å². The van der Waals surface area contributed by atoms with Gasteiger partial charge in [0, 0.05) is 23.9 Å². The predicted molar refractivity (Wildman–Crippen MR) is 67.2 cm³/mol. The first-order valence-corrected chi connectivity index (χ1v) is 6.14. The van der Waals surface area contributed by atoms with Crippen LogP contribution in [0.5, 0.6) is 0 Å². The monoisotopic (exact) mass is 216 g/mol. The second kappa shape index (κ2) is 4.69. The van der Waals surface area contributed by atoms with E-state index in [1.54, 1.807) is 0 Å². The van der Waals surface area contributed by atoms with E-state index in [9.17, 15) is 0 Å². The van der Waals surface area contributed by atoms with Gasteiger partial charge in [-0.25, -0.2) is 0 Å². The van der Waals surface area contributed by atoms with E-state index < -0.39 is 0 Å². The number of aromatic nitrogens is 1. The van der Waals surface area contributed by atoms with Crippen LogP contribution in [-0.4, -0.2) is 10.5 Å². The Morgan fingerprint density at radius 2 is 2.00 bits per heavy atom. The van der Waals surface area contributed by atoms with Crippen molar-refractivity contribution in [2.75, 3.05) is 0 Å². The first kappa shape index (κ1) is 11.2. The maximum absolute atomic E-state index is 4.08. The Morgan fingerprint density at radius 3 is 2.62 bits per heavy atom. The number of pyridine rings is 1. The van der Waals surface area contributed by atoms with Crippen LogP contribution in [0.3, 0.4) is 0 Å². The highest BCUT2D eigenvalue weighted by Crippen LogP contribution is 2.34. The zero-order valence-electron chi connectivity index (χ0n) is 10.1. The van der Waals surface area contributed by atoms with Crippen LogP contribution in [0, 0.1) is 0 Å². The third-order valence-corrected chi connectivity index (χ3v) is 3.82. The van der Waals surface area contributed by atoms with Crippen molar-refractivity contribution in [2.45, 2.75) is 44.6 Å². The van der Waals surface area contributed by atoms with Gasteiger partial charge < -0.3 is 5.32 Å². The molecule has 0 saturated heterocycles. The van der Waals surface area contributed by atoms with E-state index in [2.05, 4.69) is 48.6 Å².